The van der Waals surface area contributed by atoms with E-state index in [-0.39, 0.29) is 6.17 Å². The second-order valence-electron chi connectivity index (χ2n) is 7.78. The third-order valence-corrected chi connectivity index (χ3v) is 5.83. The molecule has 0 spiro atoms. The Labute approximate surface area is 179 Å². The highest BCUT2D eigenvalue weighted by atomic mass is 16.5. The number of imidazole rings is 1. The molecule has 1 fully saturated rings. The number of nitrogens with one attached hydrogen (secondary N) is 3. The lowest BCUT2D eigenvalue weighted by Crippen LogP contribution is -2.36. The lowest BCUT2D eigenvalue weighted by molar-refractivity contribution is 0.122. The molecule has 31 heavy (non-hydrogen) atoms. The van der Waals surface area contributed by atoms with Crippen LogP contribution in [0, 0.1) is 0 Å². The largest absolute Gasteiger partial charge is 0.378 e. The van der Waals surface area contributed by atoms with Crippen LogP contribution in [0.25, 0.3) is 22.8 Å². The topological polar surface area (TPSA) is 83.0 Å². The van der Waals surface area contributed by atoms with Crippen molar-refractivity contribution in [2.45, 2.75) is 6.17 Å². The summed E-state index contributed by atoms with van der Waals surface area (Å²) in [6, 6.07) is 14.8. The van der Waals surface area contributed by atoms with Gasteiger partial charge in [0.05, 0.1) is 30.6 Å². The van der Waals surface area contributed by atoms with Crippen molar-refractivity contribution < 1.29 is 4.74 Å². The normalized spacial score (nSPS) is 18.4. The maximum atomic E-state index is 5.45. The Kier molecular flexibility index (Phi) is 4.35. The molecule has 1 atom stereocenters. The van der Waals surface area contributed by atoms with Gasteiger partial charge in [-0.3, -0.25) is 5.10 Å². The summed E-state index contributed by atoms with van der Waals surface area (Å²) in [6.45, 7) is 3.44. The fourth-order valence-electron chi connectivity index (χ4n) is 4.17. The number of hydrogen-bond donors (Lipinski definition) is 3. The quantitative estimate of drug-likeness (QED) is 0.476. The zero-order chi connectivity index (χ0) is 20.6. The van der Waals surface area contributed by atoms with E-state index in [0.29, 0.717) is 0 Å². The van der Waals surface area contributed by atoms with E-state index in [1.807, 2.05) is 18.6 Å². The molecule has 3 N–H and O–H groups in total. The predicted octanol–water partition coefficient (Wildman–Crippen LogP) is 3.27. The number of benzene rings is 2. The van der Waals surface area contributed by atoms with Crippen LogP contribution in [-0.2, 0) is 4.74 Å². The third-order valence-electron chi connectivity index (χ3n) is 5.83. The summed E-state index contributed by atoms with van der Waals surface area (Å²) in [5.74, 6) is 0.920. The minimum atomic E-state index is -0.151. The molecular formula is C23H23N7O. The summed E-state index contributed by atoms with van der Waals surface area (Å²) < 4.78 is 7.51. The van der Waals surface area contributed by atoms with Gasteiger partial charge in [0.15, 0.2) is 12.0 Å². The Hall–Kier alpha value is -3.78. The summed E-state index contributed by atoms with van der Waals surface area (Å²) in [5.41, 5.74) is 5.38. The number of morpholine rings is 1. The molecule has 4 aromatic rings. The van der Waals surface area contributed by atoms with Gasteiger partial charge in [-0.05, 0) is 30.3 Å². The van der Waals surface area contributed by atoms with Crippen LogP contribution < -0.4 is 15.5 Å². The van der Waals surface area contributed by atoms with Crippen LogP contribution in [0.4, 0.5) is 11.4 Å². The lowest BCUT2D eigenvalue weighted by Gasteiger charge is -2.30. The second kappa shape index (κ2) is 7.48. The summed E-state index contributed by atoms with van der Waals surface area (Å²) in [4.78, 5) is 6.90. The SMILES string of the molecule is C1=C(c2ccc3cn[nH]c3c2)NC(Nc2ccc(N3CCOCC3)cc2)c2nccn21. The predicted molar refractivity (Wildman–Crippen MR) is 121 cm³/mol. The summed E-state index contributed by atoms with van der Waals surface area (Å²) in [5, 5.41) is 15.5. The van der Waals surface area contributed by atoms with E-state index >= 15 is 0 Å². The molecule has 8 nitrogen and oxygen atoms in total. The highest BCUT2D eigenvalue weighted by Gasteiger charge is 2.23. The van der Waals surface area contributed by atoms with Gasteiger partial charge >= 0.3 is 0 Å². The number of nitrogens with zero attached hydrogens (tertiary/aromatic N) is 4. The standard InChI is InChI=1S/C23H23N7O/c1-2-17-14-25-28-20(17)13-16(1)21-15-30-8-7-24-23(30)22(27-21)26-18-3-5-19(6-4-18)29-9-11-31-12-10-29/h1-8,13-15,22,26-27H,9-12H2,(H,25,28). The number of H-pyrrole nitrogens is 1. The van der Waals surface area contributed by atoms with Crippen LogP contribution >= 0.6 is 0 Å². The van der Waals surface area contributed by atoms with E-state index in [0.717, 1.165) is 60.0 Å². The minimum Gasteiger partial charge on any atom is -0.378 e. The highest BCUT2D eigenvalue weighted by Crippen LogP contribution is 2.28. The second-order valence-corrected chi connectivity index (χ2v) is 7.78. The average Bonchev–Trinajstić information content (AvgIpc) is 3.49. The smallest absolute Gasteiger partial charge is 0.157 e. The Balaban J connectivity index is 1.25. The van der Waals surface area contributed by atoms with E-state index in [1.54, 1.807) is 0 Å². The molecule has 156 valence electrons. The van der Waals surface area contributed by atoms with Crippen LogP contribution in [0.5, 0.6) is 0 Å². The number of fused-ring (bicyclic) bond motifs is 2. The summed E-state index contributed by atoms with van der Waals surface area (Å²) >= 11 is 0. The molecule has 0 aliphatic carbocycles. The first-order valence-electron chi connectivity index (χ1n) is 10.5. The van der Waals surface area contributed by atoms with E-state index in [9.17, 15) is 0 Å². The van der Waals surface area contributed by atoms with Gasteiger partial charge in [0.1, 0.15) is 0 Å². The van der Waals surface area contributed by atoms with Gasteiger partial charge in [-0.15, -0.1) is 0 Å². The van der Waals surface area contributed by atoms with Gasteiger partial charge in [0.2, 0.25) is 0 Å². The van der Waals surface area contributed by atoms with Gasteiger partial charge in [-0.1, -0.05) is 12.1 Å². The lowest BCUT2D eigenvalue weighted by atomic mass is 10.1. The molecular weight excluding hydrogens is 390 g/mol. The first kappa shape index (κ1) is 18.0. The van der Waals surface area contributed by atoms with Crippen molar-refractivity contribution in [2.24, 2.45) is 0 Å². The molecule has 1 unspecified atom stereocenters. The highest BCUT2D eigenvalue weighted by molar-refractivity contribution is 5.85. The van der Waals surface area contributed by atoms with E-state index in [1.165, 1.54) is 5.69 Å². The molecule has 8 heteroatoms. The summed E-state index contributed by atoms with van der Waals surface area (Å²) in [7, 11) is 0. The van der Waals surface area contributed by atoms with Gasteiger partial charge in [-0.25, -0.2) is 4.98 Å². The molecule has 2 aliphatic rings. The van der Waals surface area contributed by atoms with Crippen molar-refractivity contribution in [3.8, 4) is 0 Å². The Bertz CT molecular complexity index is 1230. The first-order chi connectivity index (χ1) is 15.3. The molecule has 2 aromatic heterocycles. The number of aromatic nitrogens is 4. The molecule has 0 amide bonds. The Morgan fingerprint density at radius 2 is 1.94 bits per heavy atom. The Morgan fingerprint density at radius 1 is 1.06 bits per heavy atom. The molecule has 4 heterocycles. The maximum absolute atomic E-state index is 5.45. The summed E-state index contributed by atoms with van der Waals surface area (Å²) in [6.07, 6.45) is 7.55. The van der Waals surface area contributed by atoms with Gasteiger partial charge in [-0.2, -0.15) is 5.10 Å². The van der Waals surface area contributed by atoms with Crippen LogP contribution in [0.1, 0.15) is 17.6 Å². The monoisotopic (exact) mass is 413 g/mol. The molecule has 2 aliphatic heterocycles. The van der Waals surface area contributed by atoms with E-state index < -0.39 is 0 Å². The van der Waals surface area contributed by atoms with Crippen LogP contribution in [-0.4, -0.2) is 46.1 Å². The maximum Gasteiger partial charge on any atom is 0.157 e. The third kappa shape index (κ3) is 3.40. The van der Waals surface area contributed by atoms with Crippen molar-refractivity contribution in [3.63, 3.8) is 0 Å². The van der Waals surface area contributed by atoms with Crippen molar-refractivity contribution in [2.75, 3.05) is 36.5 Å². The minimum absolute atomic E-state index is 0.151. The number of ether oxygens (including phenoxy) is 1. The average molecular weight is 413 g/mol. The van der Waals surface area contributed by atoms with Crippen molar-refractivity contribution in [1.29, 1.82) is 0 Å². The Morgan fingerprint density at radius 3 is 2.81 bits per heavy atom. The van der Waals surface area contributed by atoms with Crippen LogP contribution in [0.15, 0.2) is 61.1 Å². The molecule has 1 saturated heterocycles. The van der Waals surface area contributed by atoms with Gasteiger partial charge in [0, 0.05) is 54.0 Å². The molecule has 0 saturated carbocycles. The number of aromatic amines is 1. The van der Waals surface area contributed by atoms with Crippen LogP contribution in [0.2, 0.25) is 0 Å². The first-order valence-corrected chi connectivity index (χ1v) is 10.5. The number of rotatable bonds is 4. The zero-order valence-corrected chi connectivity index (χ0v) is 17.0. The van der Waals surface area contributed by atoms with Gasteiger partial charge < -0.3 is 24.8 Å². The van der Waals surface area contributed by atoms with Crippen molar-refractivity contribution >= 4 is 34.2 Å². The molecule has 0 radical (unpaired) electrons. The van der Waals surface area contributed by atoms with Gasteiger partial charge in [0.25, 0.3) is 0 Å². The number of hydrogen-bond acceptors (Lipinski definition) is 6. The molecule has 2 aromatic carbocycles. The molecule has 0 bridgehead atoms. The van der Waals surface area contributed by atoms with Crippen LogP contribution in [0.3, 0.4) is 0 Å². The van der Waals surface area contributed by atoms with E-state index in [4.69, 9.17) is 4.74 Å². The zero-order valence-electron chi connectivity index (χ0n) is 17.0. The van der Waals surface area contributed by atoms with Crippen molar-refractivity contribution in [1.82, 2.24) is 25.1 Å². The fourth-order valence-corrected chi connectivity index (χ4v) is 4.17. The van der Waals surface area contributed by atoms with Crippen molar-refractivity contribution in [3.05, 3.63) is 72.4 Å². The number of anilines is 2. The molecule has 6 rings (SSSR count). The fraction of sp³-hybridized carbons (Fsp3) is 0.217. The van der Waals surface area contributed by atoms with E-state index in [2.05, 4.69) is 83.9 Å².